The summed E-state index contributed by atoms with van der Waals surface area (Å²) in [6.45, 7) is 3.31. The van der Waals surface area contributed by atoms with Gasteiger partial charge < -0.3 is 15.0 Å². The predicted molar refractivity (Wildman–Crippen MR) is 142 cm³/mol. The lowest BCUT2D eigenvalue weighted by Crippen LogP contribution is -2.33. The molecule has 38 heavy (non-hydrogen) atoms. The highest BCUT2D eigenvalue weighted by atomic mass is 32.2. The molecule has 1 aliphatic rings. The van der Waals surface area contributed by atoms with Gasteiger partial charge in [0.15, 0.2) is 11.6 Å². The predicted octanol–water partition coefficient (Wildman–Crippen LogP) is 6.50. The Bertz CT molecular complexity index is 1490. The van der Waals surface area contributed by atoms with E-state index in [-0.39, 0.29) is 17.0 Å². The van der Waals surface area contributed by atoms with E-state index in [2.05, 4.69) is 9.46 Å². The third kappa shape index (κ3) is 5.21. The number of nitrogens with one attached hydrogen (secondary N) is 1. The molecule has 1 heterocycles. The number of sulfonamides is 1. The van der Waals surface area contributed by atoms with Crippen molar-refractivity contribution in [3.63, 3.8) is 0 Å². The summed E-state index contributed by atoms with van der Waals surface area (Å²) in [5.74, 6) is -2.44. The molecule has 1 amide bonds. The number of primary amides is 1. The number of fused-ring (bicyclic) bond motifs is 1. The van der Waals surface area contributed by atoms with Crippen LogP contribution in [0.3, 0.4) is 0 Å². The van der Waals surface area contributed by atoms with Crippen LogP contribution in [0.4, 0.5) is 18.9 Å². The molecular weight excluding hydrogens is 519 g/mol. The second-order valence-electron chi connectivity index (χ2n) is 10.7. The Kier molecular flexibility index (Phi) is 7.44. The molecule has 2 aromatic carbocycles. The number of alkyl halides is 2. The summed E-state index contributed by atoms with van der Waals surface area (Å²) in [5.41, 5.74) is 8.29. The molecule has 0 saturated heterocycles. The van der Waals surface area contributed by atoms with Gasteiger partial charge in [-0.15, -0.1) is 0 Å². The summed E-state index contributed by atoms with van der Waals surface area (Å²) >= 11 is 0. The van der Waals surface area contributed by atoms with Gasteiger partial charge >= 0.3 is 6.61 Å². The van der Waals surface area contributed by atoms with Gasteiger partial charge in [-0.1, -0.05) is 25.3 Å². The van der Waals surface area contributed by atoms with Crippen LogP contribution in [0.5, 0.6) is 5.75 Å². The van der Waals surface area contributed by atoms with E-state index in [1.54, 1.807) is 45.9 Å². The molecule has 1 aliphatic carbocycles. The number of hydrogen-bond acceptors (Lipinski definition) is 4. The summed E-state index contributed by atoms with van der Waals surface area (Å²) < 4.78 is 74.0. The Morgan fingerprint density at radius 3 is 2.34 bits per heavy atom. The van der Waals surface area contributed by atoms with Gasteiger partial charge in [0.2, 0.25) is 10.0 Å². The first-order valence-corrected chi connectivity index (χ1v) is 13.9. The molecule has 1 fully saturated rings. The molecule has 0 unspecified atom stereocenters. The first-order chi connectivity index (χ1) is 17.7. The van der Waals surface area contributed by atoms with E-state index in [0.29, 0.717) is 28.0 Å². The van der Waals surface area contributed by atoms with Crippen molar-refractivity contribution in [1.82, 2.24) is 4.57 Å². The van der Waals surface area contributed by atoms with Gasteiger partial charge in [-0.2, -0.15) is 8.78 Å². The number of aryl methyl sites for hydroxylation is 1. The number of carbonyl (C=O) groups is 1. The minimum absolute atomic E-state index is 0.0687. The van der Waals surface area contributed by atoms with Crippen molar-refractivity contribution in [3.05, 3.63) is 47.3 Å². The molecule has 3 N–H and O–H groups in total. The molecule has 4 rings (SSSR count). The van der Waals surface area contributed by atoms with Crippen LogP contribution >= 0.6 is 0 Å². The van der Waals surface area contributed by atoms with Crippen LogP contribution < -0.4 is 15.2 Å². The number of ether oxygens (including phenoxy) is 1. The highest BCUT2D eigenvalue weighted by molar-refractivity contribution is 7.94. The number of nitrogens with zero attached hydrogens (tertiary/aromatic N) is 1. The van der Waals surface area contributed by atoms with Crippen LogP contribution in [-0.4, -0.2) is 30.3 Å². The number of hydrogen-bond donors (Lipinski definition) is 2. The Balaban J connectivity index is 1.97. The van der Waals surface area contributed by atoms with Gasteiger partial charge in [0, 0.05) is 28.7 Å². The van der Waals surface area contributed by atoms with Gasteiger partial charge in [0.1, 0.15) is 0 Å². The van der Waals surface area contributed by atoms with Crippen LogP contribution in [0.2, 0.25) is 0 Å². The fourth-order valence-corrected chi connectivity index (χ4v) is 5.77. The fraction of sp³-hybridized carbons (Fsp3) is 0.444. The highest BCUT2D eigenvalue weighted by Gasteiger charge is 2.31. The van der Waals surface area contributed by atoms with E-state index in [1.807, 2.05) is 4.57 Å². The number of rotatable bonds is 7. The van der Waals surface area contributed by atoms with Gasteiger partial charge in [-0.05, 0) is 64.3 Å². The topological polar surface area (TPSA) is 103 Å². The molecule has 7 nitrogen and oxygen atoms in total. The van der Waals surface area contributed by atoms with Crippen LogP contribution in [-0.2, 0) is 10.0 Å². The second kappa shape index (κ2) is 10.2. The smallest absolute Gasteiger partial charge is 0.387 e. The summed E-state index contributed by atoms with van der Waals surface area (Å²) in [7, 11) is -3.68. The van der Waals surface area contributed by atoms with Gasteiger partial charge in [-0.3, -0.25) is 9.52 Å². The Morgan fingerprint density at radius 1 is 1.13 bits per heavy atom. The maximum Gasteiger partial charge on any atom is 0.387 e. The normalized spacial score (nSPS) is 15.3. The summed E-state index contributed by atoms with van der Waals surface area (Å²) in [6, 6.07) is 7.05. The van der Waals surface area contributed by atoms with E-state index in [0.717, 1.165) is 38.2 Å². The van der Waals surface area contributed by atoms with Crippen LogP contribution in [0, 0.1) is 12.7 Å². The van der Waals surface area contributed by atoms with Crippen molar-refractivity contribution in [2.24, 2.45) is 5.73 Å². The molecule has 1 saturated carbocycles. The van der Waals surface area contributed by atoms with Crippen molar-refractivity contribution in [2.75, 3.05) is 4.72 Å². The number of halogens is 3. The standard InChI is InChI=1S/C27H32F3N3O4S/c1-15-12-16(32-38(35,36)27(2,3)4)10-11-18(15)24-23(25(31)34)19-13-20(28)22(37-26(29)30)14-21(19)33(24)17-8-6-5-7-9-17/h10-14,17,26,32H,5-9H2,1-4H3,(H2,31,34). The third-order valence-electron chi connectivity index (χ3n) is 7.00. The molecule has 0 bridgehead atoms. The zero-order chi connectivity index (χ0) is 28.0. The van der Waals surface area contributed by atoms with Crippen LogP contribution in [0.15, 0.2) is 30.3 Å². The minimum Gasteiger partial charge on any atom is -0.432 e. The van der Waals surface area contributed by atoms with Crippen LogP contribution in [0.25, 0.3) is 22.2 Å². The maximum atomic E-state index is 14.8. The average Bonchev–Trinajstić information content (AvgIpc) is 3.12. The molecule has 1 aromatic heterocycles. The highest BCUT2D eigenvalue weighted by Crippen LogP contribution is 2.43. The lowest BCUT2D eigenvalue weighted by molar-refractivity contribution is -0.0521. The minimum atomic E-state index is -3.68. The number of anilines is 1. The van der Waals surface area contributed by atoms with Crippen LogP contribution in [0.1, 0.15) is 74.8 Å². The quantitative estimate of drug-likeness (QED) is 0.350. The molecule has 0 atom stereocenters. The number of amides is 1. The van der Waals surface area contributed by atoms with E-state index in [9.17, 15) is 26.4 Å². The third-order valence-corrected chi connectivity index (χ3v) is 9.12. The van der Waals surface area contributed by atoms with Crippen molar-refractivity contribution >= 4 is 32.5 Å². The Hall–Kier alpha value is -3.21. The average molecular weight is 552 g/mol. The largest absolute Gasteiger partial charge is 0.432 e. The molecule has 0 radical (unpaired) electrons. The molecule has 206 valence electrons. The van der Waals surface area contributed by atoms with Crippen molar-refractivity contribution < 1.29 is 31.1 Å². The SMILES string of the molecule is Cc1cc(NS(=O)(=O)C(C)(C)C)ccc1-c1c(C(N)=O)c2cc(F)c(OC(F)F)cc2n1C1CCCCC1. The summed E-state index contributed by atoms with van der Waals surface area (Å²) in [5, 5.41) is 0.203. The lowest BCUT2D eigenvalue weighted by atomic mass is 9.94. The zero-order valence-corrected chi connectivity index (χ0v) is 22.6. The van der Waals surface area contributed by atoms with E-state index in [4.69, 9.17) is 5.73 Å². The first kappa shape index (κ1) is 27.8. The zero-order valence-electron chi connectivity index (χ0n) is 21.8. The summed E-state index contributed by atoms with van der Waals surface area (Å²) in [4.78, 5) is 12.8. The number of carbonyl (C=O) groups excluding carboxylic acids is 1. The maximum absolute atomic E-state index is 14.8. The number of nitrogens with two attached hydrogens (primary N) is 1. The van der Waals surface area contributed by atoms with E-state index in [1.165, 1.54) is 6.07 Å². The van der Waals surface area contributed by atoms with E-state index < -0.39 is 38.9 Å². The Morgan fingerprint density at radius 2 is 1.79 bits per heavy atom. The molecule has 11 heteroatoms. The van der Waals surface area contributed by atoms with E-state index >= 15 is 0 Å². The first-order valence-electron chi connectivity index (χ1n) is 12.5. The molecule has 3 aromatic rings. The number of benzene rings is 2. The monoisotopic (exact) mass is 551 g/mol. The lowest BCUT2D eigenvalue weighted by Gasteiger charge is -2.27. The van der Waals surface area contributed by atoms with Crippen molar-refractivity contribution in [2.45, 2.75) is 77.2 Å². The Labute approximate surface area is 220 Å². The second-order valence-corrected chi connectivity index (χ2v) is 13.1. The van der Waals surface area contributed by atoms with Gasteiger partial charge in [0.05, 0.1) is 21.5 Å². The molecular formula is C27H32F3N3O4S. The fourth-order valence-electron chi connectivity index (χ4n) is 5.03. The van der Waals surface area contributed by atoms with Gasteiger partial charge in [-0.25, -0.2) is 12.8 Å². The summed E-state index contributed by atoms with van der Waals surface area (Å²) in [6.07, 6.45) is 4.47. The van der Waals surface area contributed by atoms with Gasteiger partial charge in [0.25, 0.3) is 5.91 Å². The van der Waals surface area contributed by atoms with Crippen molar-refractivity contribution in [1.29, 1.82) is 0 Å². The molecule has 0 aliphatic heterocycles. The van der Waals surface area contributed by atoms with Crippen molar-refractivity contribution in [3.8, 4) is 17.0 Å². The number of aromatic nitrogens is 1. The molecule has 0 spiro atoms.